The summed E-state index contributed by atoms with van der Waals surface area (Å²) in [5.41, 5.74) is 0. The molecule has 1 saturated heterocycles. The number of aromatic nitrogens is 4. The Morgan fingerprint density at radius 3 is 2.94 bits per heavy atom. The molecule has 1 aliphatic rings. The van der Waals surface area contributed by atoms with E-state index in [1.807, 2.05) is 4.90 Å². The Morgan fingerprint density at radius 1 is 1.44 bits per heavy atom. The van der Waals surface area contributed by atoms with Gasteiger partial charge in [0.2, 0.25) is 5.91 Å². The van der Waals surface area contributed by atoms with Crippen molar-refractivity contribution in [2.24, 2.45) is 0 Å². The van der Waals surface area contributed by atoms with Gasteiger partial charge in [-0.15, -0.1) is 5.10 Å². The monoisotopic (exact) mass is 254 g/mol. The molecule has 0 bridgehead atoms. The zero-order chi connectivity index (χ0) is 12.8. The molecule has 1 aromatic rings. The van der Waals surface area contributed by atoms with Crippen molar-refractivity contribution >= 4 is 5.91 Å². The Hall–Kier alpha value is -1.54. The molecule has 8 heteroatoms. The van der Waals surface area contributed by atoms with Crippen molar-refractivity contribution in [3.8, 4) is 0 Å². The summed E-state index contributed by atoms with van der Waals surface area (Å²) in [6.07, 6.45) is 0.609. The summed E-state index contributed by atoms with van der Waals surface area (Å²) in [5.74, 6) is 0.739. The molecule has 1 N–H and O–H groups in total. The topological polar surface area (TPSA) is 85.2 Å². The van der Waals surface area contributed by atoms with Gasteiger partial charge in [-0.1, -0.05) is 0 Å². The van der Waals surface area contributed by atoms with Crippen molar-refractivity contribution in [3.05, 3.63) is 5.82 Å². The van der Waals surface area contributed by atoms with Crippen LogP contribution in [0.15, 0.2) is 0 Å². The van der Waals surface area contributed by atoms with E-state index in [0.29, 0.717) is 18.9 Å². The van der Waals surface area contributed by atoms with Gasteiger partial charge in [0.15, 0.2) is 5.82 Å². The van der Waals surface area contributed by atoms with Crippen molar-refractivity contribution in [2.45, 2.75) is 13.0 Å². The molecule has 1 amide bonds. The van der Waals surface area contributed by atoms with E-state index in [-0.39, 0.29) is 12.5 Å². The SMILES string of the molecule is COCCc1nnnn1CC(=O)N1CCNCC1. The molecule has 18 heavy (non-hydrogen) atoms. The molecule has 2 rings (SSSR count). The van der Waals surface area contributed by atoms with Gasteiger partial charge >= 0.3 is 0 Å². The molecule has 100 valence electrons. The summed E-state index contributed by atoms with van der Waals surface area (Å²) in [4.78, 5) is 13.9. The van der Waals surface area contributed by atoms with E-state index in [1.54, 1.807) is 11.8 Å². The first-order chi connectivity index (χ1) is 8.81. The maximum Gasteiger partial charge on any atom is 0.244 e. The molecule has 0 aromatic carbocycles. The first-order valence-electron chi connectivity index (χ1n) is 6.03. The van der Waals surface area contributed by atoms with Crippen LogP contribution in [0.5, 0.6) is 0 Å². The van der Waals surface area contributed by atoms with Crippen molar-refractivity contribution in [2.75, 3.05) is 39.9 Å². The third kappa shape index (κ3) is 3.23. The third-order valence-electron chi connectivity index (χ3n) is 2.89. The second-order valence-electron chi connectivity index (χ2n) is 4.13. The van der Waals surface area contributed by atoms with Gasteiger partial charge in [-0.25, -0.2) is 4.68 Å². The molecular formula is C10H18N6O2. The van der Waals surface area contributed by atoms with Gasteiger partial charge in [0.25, 0.3) is 0 Å². The van der Waals surface area contributed by atoms with Gasteiger partial charge in [-0.05, 0) is 10.4 Å². The molecular weight excluding hydrogens is 236 g/mol. The highest BCUT2D eigenvalue weighted by atomic mass is 16.5. The number of tetrazole rings is 1. The van der Waals surface area contributed by atoms with Crippen LogP contribution in [-0.2, 0) is 22.5 Å². The standard InChI is InChI=1S/C10H18N6O2/c1-18-7-2-9-12-13-14-16(9)8-10(17)15-5-3-11-4-6-15/h11H,2-8H2,1H3. The van der Waals surface area contributed by atoms with Gasteiger partial charge in [0, 0.05) is 39.7 Å². The number of ether oxygens (including phenoxy) is 1. The number of nitrogens with zero attached hydrogens (tertiary/aromatic N) is 5. The van der Waals surface area contributed by atoms with Crippen molar-refractivity contribution in [1.82, 2.24) is 30.4 Å². The van der Waals surface area contributed by atoms with Crippen molar-refractivity contribution in [1.29, 1.82) is 0 Å². The van der Waals surface area contributed by atoms with Crippen LogP contribution in [0, 0.1) is 0 Å². The van der Waals surface area contributed by atoms with Gasteiger partial charge in [0.05, 0.1) is 6.61 Å². The largest absolute Gasteiger partial charge is 0.384 e. The van der Waals surface area contributed by atoms with E-state index in [4.69, 9.17) is 4.74 Å². The van der Waals surface area contributed by atoms with Crippen LogP contribution in [0.4, 0.5) is 0 Å². The third-order valence-corrected chi connectivity index (χ3v) is 2.89. The second-order valence-corrected chi connectivity index (χ2v) is 4.13. The highest BCUT2D eigenvalue weighted by molar-refractivity contribution is 5.76. The summed E-state index contributed by atoms with van der Waals surface area (Å²) in [7, 11) is 1.63. The smallest absolute Gasteiger partial charge is 0.244 e. The molecule has 0 atom stereocenters. The number of rotatable bonds is 5. The highest BCUT2D eigenvalue weighted by Crippen LogP contribution is 1.99. The lowest BCUT2D eigenvalue weighted by atomic mass is 10.3. The molecule has 1 fully saturated rings. The summed E-state index contributed by atoms with van der Waals surface area (Å²) < 4.78 is 6.52. The maximum absolute atomic E-state index is 12.0. The lowest BCUT2D eigenvalue weighted by Crippen LogP contribution is -2.47. The summed E-state index contributed by atoms with van der Waals surface area (Å²) >= 11 is 0. The number of methoxy groups -OCH3 is 1. The molecule has 0 saturated carbocycles. The minimum Gasteiger partial charge on any atom is -0.384 e. The van der Waals surface area contributed by atoms with Crippen molar-refractivity contribution in [3.63, 3.8) is 0 Å². The predicted molar refractivity (Wildman–Crippen MR) is 62.8 cm³/mol. The Morgan fingerprint density at radius 2 is 2.22 bits per heavy atom. The molecule has 0 radical (unpaired) electrons. The van der Waals surface area contributed by atoms with Crippen molar-refractivity contribution < 1.29 is 9.53 Å². The maximum atomic E-state index is 12.0. The van der Waals surface area contributed by atoms with Gasteiger partial charge in [0.1, 0.15) is 6.54 Å². The number of piperazine rings is 1. The molecule has 8 nitrogen and oxygen atoms in total. The lowest BCUT2D eigenvalue weighted by molar-refractivity contribution is -0.132. The number of amides is 1. The Balaban J connectivity index is 1.91. The molecule has 1 aliphatic heterocycles. The fraction of sp³-hybridized carbons (Fsp3) is 0.800. The van der Waals surface area contributed by atoms with Crippen LogP contribution in [0.2, 0.25) is 0 Å². The minimum atomic E-state index is 0.0578. The van der Waals surface area contributed by atoms with E-state index >= 15 is 0 Å². The van der Waals surface area contributed by atoms with Gasteiger partial charge in [-0.2, -0.15) is 0 Å². The Bertz CT molecular complexity index is 387. The second kappa shape index (κ2) is 6.41. The molecule has 0 aliphatic carbocycles. The van der Waals surface area contributed by atoms with Crippen LogP contribution < -0.4 is 5.32 Å². The number of hydrogen-bond donors (Lipinski definition) is 1. The van der Waals surface area contributed by atoms with Crippen LogP contribution in [-0.4, -0.2) is 70.9 Å². The number of carbonyl (C=O) groups excluding carboxylic acids is 1. The number of carbonyl (C=O) groups is 1. The van der Waals surface area contributed by atoms with E-state index in [0.717, 1.165) is 26.2 Å². The van der Waals surface area contributed by atoms with E-state index in [2.05, 4.69) is 20.8 Å². The normalized spacial score (nSPS) is 15.9. The summed E-state index contributed by atoms with van der Waals surface area (Å²) in [5, 5.41) is 14.5. The number of nitrogens with one attached hydrogen (secondary N) is 1. The Labute approximate surface area is 105 Å². The van der Waals surface area contributed by atoms with Crippen LogP contribution in [0.1, 0.15) is 5.82 Å². The first kappa shape index (κ1) is 12.9. The quantitative estimate of drug-likeness (QED) is 0.674. The van der Waals surface area contributed by atoms with Crippen LogP contribution in [0.3, 0.4) is 0 Å². The molecule has 0 unspecified atom stereocenters. The average Bonchev–Trinajstić information content (AvgIpc) is 2.84. The zero-order valence-electron chi connectivity index (χ0n) is 10.5. The number of hydrogen-bond acceptors (Lipinski definition) is 6. The average molecular weight is 254 g/mol. The molecule has 0 spiro atoms. The van der Waals surface area contributed by atoms with E-state index in [9.17, 15) is 4.79 Å². The molecule has 1 aromatic heterocycles. The minimum absolute atomic E-state index is 0.0578. The van der Waals surface area contributed by atoms with E-state index < -0.39 is 0 Å². The summed E-state index contributed by atoms with van der Waals surface area (Å²) in [6, 6.07) is 0. The molecule has 2 heterocycles. The fourth-order valence-electron chi connectivity index (χ4n) is 1.86. The van der Waals surface area contributed by atoms with Crippen LogP contribution in [0.25, 0.3) is 0 Å². The lowest BCUT2D eigenvalue weighted by Gasteiger charge is -2.27. The zero-order valence-corrected chi connectivity index (χ0v) is 10.5. The first-order valence-corrected chi connectivity index (χ1v) is 6.03. The van der Waals surface area contributed by atoms with Crippen LogP contribution >= 0.6 is 0 Å². The fourth-order valence-corrected chi connectivity index (χ4v) is 1.86. The van der Waals surface area contributed by atoms with Gasteiger partial charge < -0.3 is 15.0 Å². The predicted octanol–water partition coefficient (Wildman–Crippen LogP) is -1.71. The highest BCUT2D eigenvalue weighted by Gasteiger charge is 2.18. The Kier molecular flexibility index (Phi) is 4.59. The summed E-state index contributed by atoms with van der Waals surface area (Å²) in [6.45, 7) is 3.92. The van der Waals surface area contributed by atoms with Gasteiger partial charge in [-0.3, -0.25) is 4.79 Å². The van der Waals surface area contributed by atoms with E-state index in [1.165, 1.54) is 0 Å².